The molecule has 1 aromatic rings. The molecule has 3 nitrogen and oxygen atoms in total. The highest BCUT2D eigenvalue weighted by Gasteiger charge is 2.54. The Labute approximate surface area is 100 Å². The van der Waals surface area contributed by atoms with Crippen LogP contribution in [0.5, 0.6) is 5.75 Å². The summed E-state index contributed by atoms with van der Waals surface area (Å²) in [5.74, 6) is 0.754. The number of ether oxygens (including phenoxy) is 1. The molecule has 2 aliphatic carbocycles. The summed E-state index contributed by atoms with van der Waals surface area (Å²) in [5, 5.41) is 9.98. The van der Waals surface area contributed by atoms with Crippen LogP contribution in [0.1, 0.15) is 24.5 Å². The maximum Gasteiger partial charge on any atom is 0.149 e. The van der Waals surface area contributed by atoms with E-state index in [1.54, 1.807) is 7.11 Å². The molecule has 1 fully saturated rings. The number of benzene rings is 1. The van der Waals surface area contributed by atoms with Crippen molar-refractivity contribution >= 4 is 5.78 Å². The smallest absolute Gasteiger partial charge is 0.149 e. The number of carbonyl (C=O) groups excluding carboxylic acids is 1. The highest BCUT2D eigenvalue weighted by Crippen LogP contribution is 2.48. The average molecular weight is 232 g/mol. The second kappa shape index (κ2) is 3.33. The summed E-state index contributed by atoms with van der Waals surface area (Å²) >= 11 is 0. The average Bonchev–Trinajstić information content (AvgIpc) is 2.47. The molecule has 0 radical (unpaired) electrons. The van der Waals surface area contributed by atoms with Crippen molar-refractivity contribution in [1.29, 1.82) is 0 Å². The zero-order valence-electron chi connectivity index (χ0n) is 10.1. The number of hydrogen-bond donors (Lipinski definition) is 1. The van der Waals surface area contributed by atoms with E-state index in [0.29, 0.717) is 12.8 Å². The van der Waals surface area contributed by atoms with Gasteiger partial charge >= 0.3 is 0 Å². The molecule has 0 aromatic heterocycles. The fourth-order valence-corrected chi connectivity index (χ4v) is 3.33. The lowest BCUT2D eigenvalue weighted by molar-refractivity contribution is -0.126. The summed E-state index contributed by atoms with van der Waals surface area (Å²) in [6.07, 6.45) is 0.705. The van der Waals surface area contributed by atoms with E-state index >= 15 is 0 Å². The fraction of sp³-hybridized carbons (Fsp3) is 0.500. The largest absolute Gasteiger partial charge is 0.497 e. The maximum absolute atomic E-state index is 12.3. The fourth-order valence-electron chi connectivity index (χ4n) is 3.33. The third-order valence-electron chi connectivity index (χ3n) is 4.31. The molecule has 90 valence electrons. The van der Waals surface area contributed by atoms with Gasteiger partial charge in [0.05, 0.1) is 18.6 Å². The number of aliphatic hydroxyl groups excluding tert-OH is 1. The monoisotopic (exact) mass is 232 g/mol. The van der Waals surface area contributed by atoms with Gasteiger partial charge in [-0.15, -0.1) is 0 Å². The second-order valence-corrected chi connectivity index (χ2v) is 5.30. The summed E-state index contributed by atoms with van der Waals surface area (Å²) in [5.41, 5.74) is 1.69. The van der Waals surface area contributed by atoms with Crippen molar-refractivity contribution in [2.45, 2.75) is 31.3 Å². The van der Waals surface area contributed by atoms with Crippen molar-refractivity contribution in [3.63, 3.8) is 0 Å². The van der Waals surface area contributed by atoms with Gasteiger partial charge in [-0.2, -0.15) is 0 Å². The van der Waals surface area contributed by atoms with Crippen LogP contribution in [-0.4, -0.2) is 24.1 Å². The highest BCUT2D eigenvalue weighted by atomic mass is 16.5. The van der Waals surface area contributed by atoms with E-state index in [0.717, 1.165) is 11.3 Å². The molecule has 0 heterocycles. The van der Waals surface area contributed by atoms with Crippen molar-refractivity contribution in [3.8, 4) is 5.75 Å². The van der Waals surface area contributed by atoms with Crippen molar-refractivity contribution in [2.24, 2.45) is 5.92 Å². The minimum Gasteiger partial charge on any atom is -0.497 e. The molecule has 1 saturated carbocycles. The SMILES string of the molecule is COc1ccc2c(c1)C1(C)CC(O)C(C2)C1=O. The Balaban J connectivity index is 2.18. The molecule has 0 spiro atoms. The number of aliphatic hydroxyl groups is 1. The van der Waals surface area contributed by atoms with Crippen LogP contribution in [0.25, 0.3) is 0 Å². The third kappa shape index (κ3) is 1.29. The molecule has 0 saturated heterocycles. The second-order valence-electron chi connectivity index (χ2n) is 5.30. The van der Waals surface area contributed by atoms with Crippen LogP contribution < -0.4 is 4.74 Å². The first kappa shape index (κ1) is 10.8. The van der Waals surface area contributed by atoms with Gasteiger partial charge in [0.1, 0.15) is 11.5 Å². The van der Waals surface area contributed by atoms with E-state index in [-0.39, 0.29) is 11.7 Å². The van der Waals surface area contributed by atoms with Gasteiger partial charge < -0.3 is 9.84 Å². The number of ketones is 1. The van der Waals surface area contributed by atoms with Crippen molar-refractivity contribution in [3.05, 3.63) is 29.3 Å². The zero-order chi connectivity index (χ0) is 12.2. The summed E-state index contributed by atoms with van der Waals surface area (Å²) in [6, 6.07) is 5.88. The standard InChI is InChI=1S/C14H16O3/c1-14-7-12(15)10(13(14)16)5-8-3-4-9(17-2)6-11(8)14/h3-4,6,10,12,15H,5,7H2,1-2H3. The van der Waals surface area contributed by atoms with Gasteiger partial charge in [-0.1, -0.05) is 6.07 Å². The van der Waals surface area contributed by atoms with Crippen molar-refractivity contribution in [1.82, 2.24) is 0 Å². The molecule has 2 bridgehead atoms. The minimum absolute atomic E-state index is 0.186. The van der Waals surface area contributed by atoms with Crippen molar-refractivity contribution < 1.29 is 14.6 Å². The molecule has 3 unspecified atom stereocenters. The summed E-state index contributed by atoms with van der Waals surface area (Å²) < 4.78 is 5.22. The van der Waals surface area contributed by atoms with Crippen LogP contribution in [0.15, 0.2) is 18.2 Å². The van der Waals surface area contributed by atoms with E-state index in [2.05, 4.69) is 0 Å². The molecule has 0 amide bonds. The predicted molar refractivity (Wildman–Crippen MR) is 63.2 cm³/mol. The number of hydrogen-bond acceptors (Lipinski definition) is 3. The van der Waals surface area contributed by atoms with Gasteiger partial charge in [-0.25, -0.2) is 0 Å². The highest BCUT2D eigenvalue weighted by molar-refractivity contribution is 5.96. The lowest BCUT2D eigenvalue weighted by atomic mass is 9.72. The molecule has 0 aliphatic heterocycles. The molecular weight excluding hydrogens is 216 g/mol. The topological polar surface area (TPSA) is 46.5 Å². The van der Waals surface area contributed by atoms with Gasteiger partial charge in [0, 0.05) is 5.92 Å². The van der Waals surface area contributed by atoms with E-state index in [9.17, 15) is 9.90 Å². The first-order valence-electron chi connectivity index (χ1n) is 5.96. The molecule has 3 atom stereocenters. The summed E-state index contributed by atoms with van der Waals surface area (Å²) in [6.45, 7) is 1.94. The number of fused-ring (bicyclic) bond motifs is 4. The minimum atomic E-state index is -0.522. The number of Topliss-reactive ketones (excluding diaryl/α,β-unsaturated/α-hetero) is 1. The molecule has 1 N–H and O–H groups in total. The van der Waals surface area contributed by atoms with Crippen LogP contribution in [0.4, 0.5) is 0 Å². The number of carbonyl (C=O) groups is 1. The third-order valence-corrected chi connectivity index (χ3v) is 4.31. The Morgan fingerprint density at radius 2 is 2.24 bits per heavy atom. The lowest BCUT2D eigenvalue weighted by Crippen LogP contribution is -2.36. The zero-order valence-corrected chi connectivity index (χ0v) is 10.1. The Kier molecular flexibility index (Phi) is 2.11. The first-order chi connectivity index (χ1) is 8.06. The van der Waals surface area contributed by atoms with E-state index in [1.807, 2.05) is 25.1 Å². The first-order valence-corrected chi connectivity index (χ1v) is 5.96. The van der Waals surface area contributed by atoms with Gasteiger partial charge in [0.2, 0.25) is 0 Å². The Bertz CT molecular complexity index is 494. The summed E-state index contributed by atoms with van der Waals surface area (Å²) in [7, 11) is 1.63. The Morgan fingerprint density at radius 1 is 1.47 bits per heavy atom. The quantitative estimate of drug-likeness (QED) is 0.797. The molecule has 17 heavy (non-hydrogen) atoms. The molecule has 1 aromatic carbocycles. The Hall–Kier alpha value is -1.35. The van der Waals surface area contributed by atoms with Gasteiger partial charge in [0.25, 0.3) is 0 Å². The lowest BCUT2D eigenvalue weighted by Gasteiger charge is -2.30. The van der Waals surface area contributed by atoms with E-state index in [1.165, 1.54) is 5.56 Å². The van der Waals surface area contributed by atoms with Gasteiger partial charge in [0.15, 0.2) is 0 Å². The summed E-state index contributed by atoms with van der Waals surface area (Å²) in [4.78, 5) is 12.3. The van der Waals surface area contributed by atoms with Crippen LogP contribution in [0.2, 0.25) is 0 Å². The Morgan fingerprint density at radius 3 is 2.94 bits per heavy atom. The maximum atomic E-state index is 12.3. The molecule has 2 aliphatic rings. The normalized spacial score (nSPS) is 34.6. The van der Waals surface area contributed by atoms with Crippen LogP contribution in [0, 0.1) is 5.92 Å². The van der Waals surface area contributed by atoms with Gasteiger partial charge in [-0.05, 0) is 43.0 Å². The van der Waals surface area contributed by atoms with E-state index in [4.69, 9.17) is 4.74 Å². The van der Waals surface area contributed by atoms with Gasteiger partial charge in [-0.3, -0.25) is 4.79 Å². The van der Waals surface area contributed by atoms with E-state index < -0.39 is 11.5 Å². The van der Waals surface area contributed by atoms with Crippen molar-refractivity contribution in [2.75, 3.05) is 7.11 Å². The predicted octanol–water partition coefficient (Wildman–Crippen LogP) is 1.46. The number of methoxy groups -OCH3 is 1. The molecular formula is C14H16O3. The molecule has 3 heteroatoms. The van der Waals surface area contributed by atoms with Crippen LogP contribution >= 0.6 is 0 Å². The van der Waals surface area contributed by atoms with Crippen LogP contribution in [-0.2, 0) is 16.6 Å². The number of rotatable bonds is 1. The van der Waals surface area contributed by atoms with Crippen LogP contribution in [0.3, 0.4) is 0 Å². The molecule has 3 rings (SSSR count).